The zero-order valence-corrected chi connectivity index (χ0v) is 14.0. The number of amides is 1. The number of pyridine rings is 1. The number of aromatic nitrogens is 1. The predicted octanol–water partition coefficient (Wildman–Crippen LogP) is 3.88. The Morgan fingerprint density at radius 3 is 2.65 bits per heavy atom. The molecule has 0 bridgehead atoms. The molecule has 1 aromatic carbocycles. The molecule has 0 spiro atoms. The van der Waals surface area contributed by atoms with Crippen molar-refractivity contribution in [1.82, 2.24) is 4.98 Å². The van der Waals surface area contributed by atoms with Gasteiger partial charge in [0.15, 0.2) is 6.10 Å². The number of hydrogen-bond donors (Lipinski definition) is 1. The smallest absolute Gasteiger partial charge is 0.340 e. The first-order chi connectivity index (χ1) is 10.9. The van der Waals surface area contributed by atoms with Crippen LogP contribution < -0.4 is 5.32 Å². The number of hydrogen-bond acceptors (Lipinski definition) is 4. The average molecular weight is 353 g/mol. The lowest BCUT2D eigenvalue weighted by molar-refractivity contribution is -0.123. The van der Waals surface area contributed by atoms with Crippen LogP contribution in [0.3, 0.4) is 0 Å². The molecule has 120 valence electrons. The zero-order valence-electron chi connectivity index (χ0n) is 12.5. The van der Waals surface area contributed by atoms with Crippen LogP contribution in [0.25, 0.3) is 0 Å². The predicted molar refractivity (Wildman–Crippen MR) is 88.9 cm³/mol. The Morgan fingerprint density at radius 2 is 2.00 bits per heavy atom. The van der Waals surface area contributed by atoms with Crippen molar-refractivity contribution in [2.45, 2.75) is 20.0 Å². The van der Waals surface area contributed by atoms with Gasteiger partial charge in [-0.05, 0) is 37.6 Å². The summed E-state index contributed by atoms with van der Waals surface area (Å²) in [4.78, 5) is 27.8. The summed E-state index contributed by atoms with van der Waals surface area (Å²) in [6.07, 6.45) is 0.263. The molecule has 1 aromatic heterocycles. The van der Waals surface area contributed by atoms with Crippen LogP contribution in [0.15, 0.2) is 36.5 Å². The van der Waals surface area contributed by atoms with E-state index in [2.05, 4.69) is 10.3 Å². The van der Waals surface area contributed by atoms with Gasteiger partial charge in [0.1, 0.15) is 5.15 Å². The summed E-state index contributed by atoms with van der Waals surface area (Å²) in [6, 6.07) is 8.64. The molecule has 5 nitrogen and oxygen atoms in total. The number of nitrogens with zero attached hydrogens (tertiary/aromatic N) is 1. The molecule has 1 heterocycles. The molecule has 2 rings (SSSR count). The summed E-state index contributed by atoms with van der Waals surface area (Å²) >= 11 is 11.5. The SMILES string of the molecule is Cc1cccc(NC(=O)[C@H](C)OC(=O)c2cnc(Cl)c(Cl)c2)c1. The van der Waals surface area contributed by atoms with Gasteiger partial charge in [-0.2, -0.15) is 0 Å². The summed E-state index contributed by atoms with van der Waals surface area (Å²) in [7, 11) is 0. The molecule has 0 aliphatic rings. The second-order valence-corrected chi connectivity index (χ2v) is 5.67. The molecule has 0 aliphatic heterocycles. The third kappa shape index (κ3) is 4.68. The molecule has 0 saturated carbocycles. The van der Waals surface area contributed by atoms with Gasteiger partial charge in [-0.3, -0.25) is 4.79 Å². The van der Waals surface area contributed by atoms with E-state index in [9.17, 15) is 9.59 Å². The van der Waals surface area contributed by atoms with Crippen molar-refractivity contribution in [3.05, 3.63) is 57.8 Å². The maximum Gasteiger partial charge on any atom is 0.340 e. The number of esters is 1. The molecule has 0 unspecified atom stereocenters. The third-order valence-electron chi connectivity index (χ3n) is 2.97. The van der Waals surface area contributed by atoms with Gasteiger partial charge in [-0.15, -0.1) is 0 Å². The molecule has 0 saturated heterocycles. The highest BCUT2D eigenvalue weighted by atomic mass is 35.5. The highest BCUT2D eigenvalue weighted by molar-refractivity contribution is 6.41. The Balaban J connectivity index is 2.00. The quantitative estimate of drug-likeness (QED) is 0.669. The van der Waals surface area contributed by atoms with Crippen LogP contribution in [0.5, 0.6) is 0 Å². The van der Waals surface area contributed by atoms with E-state index in [1.807, 2.05) is 25.1 Å². The molecular formula is C16H14Cl2N2O3. The van der Waals surface area contributed by atoms with Gasteiger partial charge in [-0.1, -0.05) is 35.3 Å². The second-order valence-electron chi connectivity index (χ2n) is 4.90. The van der Waals surface area contributed by atoms with E-state index in [-0.39, 0.29) is 15.7 Å². The molecule has 1 N–H and O–H groups in total. The Morgan fingerprint density at radius 1 is 1.26 bits per heavy atom. The van der Waals surface area contributed by atoms with Gasteiger partial charge in [0.05, 0.1) is 10.6 Å². The van der Waals surface area contributed by atoms with Crippen LogP contribution in [-0.4, -0.2) is 23.0 Å². The number of nitrogens with one attached hydrogen (secondary N) is 1. The largest absolute Gasteiger partial charge is 0.449 e. The molecule has 0 radical (unpaired) electrons. The van der Waals surface area contributed by atoms with E-state index in [4.69, 9.17) is 27.9 Å². The lowest BCUT2D eigenvalue weighted by Crippen LogP contribution is -2.30. The van der Waals surface area contributed by atoms with Gasteiger partial charge in [0.2, 0.25) is 0 Å². The normalized spacial score (nSPS) is 11.7. The van der Waals surface area contributed by atoms with Gasteiger partial charge >= 0.3 is 5.97 Å². The number of benzene rings is 1. The molecule has 2 aromatic rings. The summed E-state index contributed by atoms with van der Waals surface area (Å²) in [5.41, 5.74) is 1.76. The van der Waals surface area contributed by atoms with Gasteiger partial charge < -0.3 is 10.1 Å². The standard InChI is InChI=1S/C16H14Cl2N2O3/c1-9-4-3-5-12(6-9)20-15(21)10(2)23-16(22)11-7-13(17)14(18)19-8-11/h3-8,10H,1-2H3,(H,20,21)/t10-/m0/s1. The van der Waals surface area contributed by atoms with E-state index in [0.29, 0.717) is 5.69 Å². The number of anilines is 1. The van der Waals surface area contributed by atoms with Gasteiger partial charge in [0.25, 0.3) is 5.91 Å². The molecule has 0 fully saturated rings. The third-order valence-corrected chi connectivity index (χ3v) is 3.66. The van der Waals surface area contributed by atoms with E-state index >= 15 is 0 Å². The fraction of sp³-hybridized carbons (Fsp3) is 0.188. The lowest BCUT2D eigenvalue weighted by Gasteiger charge is -2.14. The molecule has 7 heteroatoms. The minimum atomic E-state index is -0.975. The van der Waals surface area contributed by atoms with E-state index in [1.54, 1.807) is 6.07 Å². The average Bonchev–Trinajstić information content (AvgIpc) is 2.49. The Bertz CT molecular complexity index is 750. The van der Waals surface area contributed by atoms with E-state index in [1.165, 1.54) is 19.2 Å². The molecule has 0 aliphatic carbocycles. The first-order valence-electron chi connectivity index (χ1n) is 6.76. The zero-order chi connectivity index (χ0) is 17.0. The van der Waals surface area contributed by atoms with E-state index in [0.717, 1.165) is 5.56 Å². The Labute approximate surface area is 143 Å². The number of ether oxygens (including phenoxy) is 1. The van der Waals surface area contributed by atoms with Crippen LogP contribution >= 0.6 is 23.2 Å². The fourth-order valence-electron chi connectivity index (χ4n) is 1.78. The number of aryl methyl sites for hydroxylation is 1. The number of carbonyl (C=O) groups is 2. The molecule has 1 atom stereocenters. The van der Waals surface area contributed by atoms with Crippen LogP contribution in [0.4, 0.5) is 5.69 Å². The van der Waals surface area contributed by atoms with Crippen LogP contribution in [0, 0.1) is 6.92 Å². The Kier molecular flexibility index (Phi) is 5.58. The lowest BCUT2D eigenvalue weighted by atomic mass is 10.2. The minimum Gasteiger partial charge on any atom is -0.449 e. The molecular weight excluding hydrogens is 339 g/mol. The minimum absolute atomic E-state index is 0.0912. The highest BCUT2D eigenvalue weighted by Crippen LogP contribution is 2.20. The van der Waals surface area contributed by atoms with Gasteiger partial charge in [0, 0.05) is 11.9 Å². The first kappa shape index (κ1) is 17.2. The number of carbonyl (C=O) groups excluding carboxylic acids is 2. The van der Waals surface area contributed by atoms with Crippen molar-refractivity contribution < 1.29 is 14.3 Å². The summed E-state index contributed by atoms with van der Waals surface area (Å²) < 4.78 is 5.10. The maximum absolute atomic E-state index is 12.1. The maximum atomic E-state index is 12.1. The number of rotatable bonds is 4. The van der Waals surface area contributed by atoms with Crippen LogP contribution in [-0.2, 0) is 9.53 Å². The fourth-order valence-corrected chi connectivity index (χ4v) is 2.05. The van der Waals surface area contributed by atoms with E-state index < -0.39 is 18.0 Å². The monoisotopic (exact) mass is 352 g/mol. The second kappa shape index (κ2) is 7.44. The Hall–Kier alpha value is -2.11. The topological polar surface area (TPSA) is 68.3 Å². The van der Waals surface area contributed by atoms with Crippen molar-refractivity contribution in [2.24, 2.45) is 0 Å². The van der Waals surface area contributed by atoms with Crippen molar-refractivity contribution in [2.75, 3.05) is 5.32 Å². The highest BCUT2D eigenvalue weighted by Gasteiger charge is 2.20. The van der Waals surface area contributed by atoms with Crippen molar-refractivity contribution >= 4 is 40.8 Å². The summed E-state index contributed by atoms with van der Waals surface area (Å²) in [6.45, 7) is 3.39. The van der Waals surface area contributed by atoms with Crippen molar-refractivity contribution in [1.29, 1.82) is 0 Å². The molecule has 1 amide bonds. The van der Waals surface area contributed by atoms with Crippen LogP contribution in [0.2, 0.25) is 10.2 Å². The first-order valence-corrected chi connectivity index (χ1v) is 7.52. The molecule has 23 heavy (non-hydrogen) atoms. The number of halogens is 2. The van der Waals surface area contributed by atoms with Gasteiger partial charge in [-0.25, -0.2) is 9.78 Å². The summed E-state index contributed by atoms with van der Waals surface area (Å²) in [5.74, 6) is -1.14. The summed E-state index contributed by atoms with van der Waals surface area (Å²) in [5, 5.41) is 2.91. The van der Waals surface area contributed by atoms with Crippen molar-refractivity contribution in [3.63, 3.8) is 0 Å². The van der Waals surface area contributed by atoms with Crippen molar-refractivity contribution in [3.8, 4) is 0 Å². The van der Waals surface area contributed by atoms with Crippen LogP contribution in [0.1, 0.15) is 22.8 Å².